The number of aryl methyl sites for hydroxylation is 4. The van der Waals surface area contributed by atoms with Crippen LogP contribution in [0.5, 0.6) is 40.2 Å². The van der Waals surface area contributed by atoms with Gasteiger partial charge in [-0.25, -0.2) is 0 Å². The molecule has 6 nitrogen and oxygen atoms in total. The van der Waals surface area contributed by atoms with E-state index in [1.54, 1.807) is 21.3 Å². The third-order valence-electron chi connectivity index (χ3n) is 6.61. The Balaban J connectivity index is 1.30. The molecular weight excluding hydrogens is 480 g/mol. The minimum atomic E-state index is 0.283. The minimum absolute atomic E-state index is 0.283. The lowest BCUT2D eigenvalue weighted by Gasteiger charge is -2.14. The van der Waals surface area contributed by atoms with Crippen LogP contribution in [-0.2, 0) is 25.7 Å². The van der Waals surface area contributed by atoms with Crippen LogP contribution >= 0.6 is 0 Å². The van der Waals surface area contributed by atoms with E-state index < -0.39 is 0 Å². The van der Waals surface area contributed by atoms with Crippen molar-refractivity contribution in [1.82, 2.24) is 0 Å². The van der Waals surface area contributed by atoms with Crippen molar-refractivity contribution in [1.29, 1.82) is 0 Å². The van der Waals surface area contributed by atoms with E-state index in [1.807, 2.05) is 48.5 Å². The fraction of sp³-hybridized carbons (Fsp3) is 0.250. The Labute approximate surface area is 223 Å². The van der Waals surface area contributed by atoms with E-state index in [0.29, 0.717) is 17.2 Å². The molecule has 0 amide bonds. The molecule has 0 unspecified atom stereocenters. The molecule has 0 saturated heterocycles. The lowest BCUT2D eigenvalue weighted by Crippen LogP contribution is -1.97. The third kappa shape index (κ3) is 6.14. The summed E-state index contributed by atoms with van der Waals surface area (Å²) in [5.74, 6) is 5.27. The highest BCUT2D eigenvalue weighted by atomic mass is 16.7. The lowest BCUT2D eigenvalue weighted by molar-refractivity contribution is 0.174. The van der Waals surface area contributed by atoms with Crippen LogP contribution in [0, 0.1) is 0 Å². The van der Waals surface area contributed by atoms with Crippen molar-refractivity contribution in [2.45, 2.75) is 25.7 Å². The molecule has 0 fully saturated rings. The Hall–Kier alpha value is -4.32. The molecule has 0 atom stereocenters. The van der Waals surface area contributed by atoms with Gasteiger partial charge in [-0.05, 0) is 96.5 Å². The van der Waals surface area contributed by atoms with Crippen molar-refractivity contribution in [3.63, 3.8) is 0 Å². The molecule has 1 aliphatic heterocycles. The molecular formula is C32H32O6. The molecule has 5 rings (SSSR count). The Morgan fingerprint density at radius 3 is 1.97 bits per heavy atom. The minimum Gasteiger partial charge on any atom is -0.497 e. The van der Waals surface area contributed by atoms with Crippen LogP contribution < -0.4 is 28.4 Å². The fourth-order valence-corrected chi connectivity index (χ4v) is 4.54. The van der Waals surface area contributed by atoms with Crippen LogP contribution in [0.1, 0.15) is 22.3 Å². The topological polar surface area (TPSA) is 55.4 Å². The zero-order valence-corrected chi connectivity index (χ0v) is 22.0. The molecule has 0 N–H and O–H groups in total. The number of rotatable bonds is 11. The number of hydrogen-bond donors (Lipinski definition) is 0. The van der Waals surface area contributed by atoms with Gasteiger partial charge in [-0.15, -0.1) is 0 Å². The van der Waals surface area contributed by atoms with E-state index in [0.717, 1.165) is 59.8 Å². The van der Waals surface area contributed by atoms with Crippen molar-refractivity contribution in [2.24, 2.45) is 0 Å². The summed E-state index contributed by atoms with van der Waals surface area (Å²) in [5.41, 5.74) is 4.69. The largest absolute Gasteiger partial charge is 0.497 e. The first kappa shape index (κ1) is 25.3. The predicted molar refractivity (Wildman–Crippen MR) is 146 cm³/mol. The average molecular weight is 513 g/mol. The second-order valence-corrected chi connectivity index (χ2v) is 9.14. The van der Waals surface area contributed by atoms with Crippen LogP contribution in [0.4, 0.5) is 0 Å². The maximum atomic E-state index is 6.36. The summed E-state index contributed by atoms with van der Waals surface area (Å²) < 4.78 is 33.8. The number of methoxy groups -OCH3 is 3. The molecule has 0 aromatic heterocycles. The van der Waals surface area contributed by atoms with Gasteiger partial charge < -0.3 is 28.4 Å². The van der Waals surface area contributed by atoms with Gasteiger partial charge in [0, 0.05) is 6.07 Å². The second kappa shape index (κ2) is 11.8. The molecule has 1 heterocycles. The van der Waals surface area contributed by atoms with Crippen LogP contribution in [-0.4, -0.2) is 28.1 Å². The normalized spacial score (nSPS) is 11.8. The second-order valence-electron chi connectivity index (χ2n) is 9.14. The van der Waals surface area contributed by atoms with Crippen LogP contribution in [0.25, 0.3) is 0 Å². The van der Waals surface area contributed by atoms with E-state index in [1.165, 1.54) is 11.1 Å². The van der Waals surface area contributed by atoms with E-state index in [9.17, 15) is 0 Å². The first-order valence-electron chi connectivity index (χ1n) is 12.7. The summed E-state index contributed by atoms with van der Waals surface area (Å²) in [4.78, 5) is 0. The number of ether oxygens (including phenoxy) is 6. The van der Waals surface area contributed by atoms with Gasteiger partial charge in [0.25, 0.3) is 0 Å². The summed E-state index contributed by atoms with van der Waals surface area (Å²) in [7, 11) is 5.01. The molecule has 0 bridgehead atoms. The summed E-state index contributed by atoms with van der Waals surface area (Å²) in [6.45, 7) is 0.283. The lowest BCUT2D eigenvalue weighted by atomic mass is 10.0. The van der Waals surface area contributed by atoms with Crippen molar-refractivity contribution < 1.29 is 28.4 Å². The van der Waals surface area contributed by atoms with Gasteiger partial charge >= 0.3 is 0 Å². The maximum absolute atomic E-state index is 6.36. The zero-order valence-electron chi connectivity index (χ0n) is 22.0. The van der Waals surface area contributed by atoms with E-state index in [4.69, 9.17) is 28.4 Å². The molecule has 0 aliphatic carbocycles. The summed E-state index contributed by atoms with van der Waals surface area (Å²) in [6.07, 6.45) is 3.44. The molecule has 4 aromatic carbocycles. The van der Waals surface area contributed by atoms with Gasteiger partial charge in [-0.3, -0.25) is 0 Å². The van der Waals surface area contributed by atoms with Crippen molar-refractivity contribution in [2.75, 3.05) is 28.1 Å². The van der Waals surface area contributed by atoms with Gasteiger partial charge in [0.2, 0.25) is 6.79 Å². The fourth-order valence-electron chi connectivity index (χ4n) is 4.54. The molecule has 0 radical (unpaired) electrons. The van der Waals surface area contributed by atoms with E-state index in [-0.39, 0.29) is 6.79 Å². The molecule has 38 heavy (non-hydrogen) atoms. The third-order valence-corrected chi connectivity index (χ3v) is 6.61. The summed E-state index contributed by atoms with van der Waals surface area (Å²) >= 11 is 0. The highest BCUT2D eigenvalue weighted by Crippen LogP contribution is 2.36. The first-order chi connectivity index (χ1) is 18.6. The highest BCUT2D eigenvalue weighted by Gasteiger charge is 2.14. The highest BCUT2D eigenvalue weighted by molar-refractivity contribution is 5.48. The van der Waals surface area contributed by atoms with Crippen LogP contribution in [0.3, 0.4) is 0 Å². The maximum Gasteiger partial charge on any atom is 0.231 e. The number of fused-ring (bicyclic) bond motifs is 1. The number of hydrogen-bond acceptors (Lipinski definition) is 6. The van der Waals surface area contributed by atoms with Crippen molar-refractivity contribution in [3.8, 4) is 40.2 Å². The standard InChI is InChI=1S/C32H32O6/c1-33-26-6-4-5-22(15-26)9-10-25-16-27(34-2)20-28(17-25)38-32-19-24(11-13-29(32)35-3)8-7-23-12-14-30-31(18-23)37-21-36-30/h4-6,11-20H,7-10,21H2,1-3H3. The number of benzene rings is 4. The van der Waals surface area contributed by atoms with Gasteiger partial charge in [-0.2, -0.15) is 0 Å². The summed E-state index contributed by atoms with van der Waals surface area (Å²) in [6, 6.07) is 26.3. The average Bonchev–Trinajstić information content (AvgIpc) is 3.43. The van der Waals surface area contributed by atoms with Crippen LogP contribution in [0.2, 0.25) is 0 Å². The molecule has 196 valence electrons. The van der Waals surface area contributed by atoms with Crippen molar-refractivity contribution >= 4 is 0 Å². The molecule has 0 saturated carbocycles. The summed E-state index contributed by atoms with van der Waals surface area (Å²) in [5, 5.41) is 0. The van der Waals surface area contributed by atoms with E-state index in [2.05, 4.69) is 30.3 Å². The predicted octanol–water partition coefficient (Wildman–Crippen LogP) is 6.80. The smallest absolute Gasteiger partial charge is 0.231 e. The SMILES string of the molecule is COc1cccc(CCc2cc(OC)cc(Oc3cc(CCc4ccc5c(c4)OCO5)ccc3OC)c2)c1. The monoisotopic (exact) mass is 512 g/mol. The molecule has 6 heteroatoms. The first-order valence-corrected chi connectivity index (χ1v) is 12.7. The Bertz CT molecular complexity index is 1400. The van der Waals surface area contributed by atoms with Crippen molar-refractivity contribution in [3.05, 3.63) is 101 Å². The molecule has 0 spiro atoms. The zero-order chi connectivity index (χ0) is 26.3. The molecule has 1 aliphatic rings. The Morgan fingerprint density at radius 1 is 0.526 bits per heavy atom. The van der Waals surface area contributed by atoms with Gasteiger partial charge in [0.05, 0.1) is 21.3 Å². The van der Waals surface area contributed by atoms with Gasteiger partial charge in [0.15, 0.2) is 23.0 Å². The van der Waals surface area contributed by atoms with Gasteiger partial charge in [0.1, 0.15) is 17.2 Å². The van der Waals surface area contributed by atoms with Crippen LogP contribution in [0.15, 0.2) is 78.9 Å². The Morgan fingerprint density at radius 2 is 1.18 bits per heavy atom. The Kier molecular flexibility index (Phi) is 7.88. The quantitative estimate of drug-likeness (QED) is 0.220. The van der Waals surface area contributed by atoms with Gasteiger partial charge in [-0.1, -0.05) is 24.3 Å². The molecule has 4 aromatic rings. The van der Waals surface area contributed by atoms with E-state index >= 15 is 0 Å².